The van der Waals surface area contributed by atoms with Crippen LogP contribution in [0, 0.1) is 12.3 Å². The second-order valence-electron chi connectivity index (χ2n) is 5.52. The topological polar surface area (TPSA) is 56.7 Å². The highest BCUT2D eigenvalue weighted by molar-refractivity contribution is 6.09. The van der Waals surface area contributed by atoms with Gasteiger partial charge in [0.25, 0.3) is 0 Å². The van der Waals surface area contributed by atoms with E-state index in [1.807, 2.05) is 16.8 Å². The van der Waals surface area contributed by atoms with Crippen LogP contribution in [-0.2, 0) is 13.0 Å². The Hall–Kier alpha value is -2.54. The Labute approximate surface area is 130 Å². The Balaban J connectivity index is 2.20. The third-order valence-electron chi connectivity index (χ3n) is 3.86. The number of nitrogen functional groups attached to an aromatic ring is 1. The van der Waals surface area contributed by atoms with E-state index >= 15 is 0 Å². The summed E-state index contributed by atoms with van der Waals surface area (Å²) in [6.07, 6.45) is 11.2. The quantitative estimate of drug-likeness (QED) is 0.578. The first kappa shape index (κ1) is 14.4. The monoisotopic (exact) mass is 292 g/mol. The molecular weight excluding hydrogens is 272 g/mol. The van der Waals surface area contributed by atoms with Gasteiger partial charge in [0.2, 0.25) is 0 Å². The van der Waals surface area contributed by atoms with E-state index in [2.05, 4.69) is 35.2 Å². The first-order valence-corrected chi connectivity index (χ1v) is 7.72. The molecule has 2 heterocycles. The third-order valence-corrected chi connectivity index (χ3v) is 3.86. The molecule has 1 aromatic carbocycles. The highest BCUT2D eigenvalue weighted by Gasteiger charge is 2.13. The summed E-state index contributed by atoms with van der Waals surface area (Å²) in [4.78, 5) is 4.53. The molecule has 0 aliphatic rings. The van der Waals surface area contributed by atoms with E-state index in [4.69, 9.17) is 12.2 Å². The molecule has 0 saturated heterocycles. The summed E-state index contributed by atoms with van der Waals surface area (Å²) in [5, 5.41) is 6.83. The second kappa shape index (κ2) is 6.07. The molecule has 0 spiro atoms. The van der Waals surface area contributed by atoms with E-state index < -0.39 is 0 Å². The van der Waals surface area contributed by atoms with Crippen molar-refractivity contribution in [3.05, 3.63) is 30.0 Å². The minimum Gasteiger partial charge on any atom is -0.382 e. The summed E-state index contributed by atoms with van der Waals surface area (Å²) in [5.41, 5.74) is 9.08. The van der Waals surface area contributed by atoms with Gasteiger partial charge in [0.05, 0.1) is 5.52 Å². The van der Waals surface area contributed by atoms with Crippen LogP contribution in [0.4, 0.5) is 5.82 Å². The molecule has 0 bridgehead atoms. The van der Waals surface area contributed by atoms with E-state index in [0.717, 1.165) is 54.0 Å². The molecule has 0 saturated carbocycles. The summed E-state index contributed by atoms with van der Waals surface area (Å²) >= 11 is 0. The van der Waals surface area contributed by atoms with Crippen LogP contribution in [0.15, 0.2) is 24.4 Å². The number of pyridine rings is 1. The van der Waals surface area contributed by atoms with Crippen LogP contribution >= 0.6 is 0 Å². The lowest BCUT2D eigenvalue weighted by Gasteiger charge is -2.07. The molecule has 4 heteroatoms. The average Bonchev–Trinajstić information content (AvgIpc) is 2.92. The van der Waals surface area contributed by atoms with Crippen LogP contribution in [0.5, 0.6) is 0 Å². The summed E-state index contributed by atoms with van der Waals surface area (Å²) in [5.74, 6) is 3.20. The van der Waals surface area contributed by atoms with Crippen molar-refractivity contribution < 1.29 is 0 Å². The fourth-order valence-electron chi connectivity index (χ4n) is 2.90. The van der Waals surface area contributed by atoms with Crippen LogP contribution < -0.4 is 5.73 Å². The zero-order chi connectivity index (χ0) is 15.5. The minimum absolute atomic E-state index is 0.498. The first-order valence-electron chi connectivity index (χ1n) is 7.72. The van der Waals surface area contributed by atoms with Crippen molar-refractivity contribution in [2.75, 3.05) is 5.73 Å². The number of hydrogen-bond acceptors (Lipinski definition) is 3. The maximum Gasteiger partial charge on any atom is 0.152 e. The summed E-state index contributed by atoms with van der Waals surface area (Å²) in [6.45, 7) is 3.02. The number of hydrogen-bond donors (Lipinski definition) is 1. The number of fused-ring (bicyclic) bond motifs is 3. The van der Waals surface area contributed by atoms with Crippen LogP contribution in [0.1, 0.15) is 31.7 Å². The van der Waals surface area contributed by atoms with E-state index in [-0.39, 0.29) is 0 Å². The number of aromatic nitrogens is 3. The maximum atomic E-state index is 6.09. The first-order chi connectivity index (χ1) is 10.7. The third kappa shape index (κ3) is 2.50. The standard InChI is InChI=1S/C18H20N4/c1-3-5-6-8-13-9-7-10-15-16(13)14-12-22(11-4-2)21-17(14)18(19)20-15/h1,7,9-10,12H,4-6,8,11H2,2H3,(H2,19,20). The van der Waals surface area contributed by atoms with Gasteiger partial charge in [0, 0.05) is 29.9 Å². The molecule has 0 atom stereocenters. The van der Waals surface area contributed by atoms with Gasteiger partial charge in [0.1, 0.15) is 5.52 Å². The zero-order valence-electron chi connectivity index (χ0n) is 12.8. The van der Waals surface area contributed by atoms with Crippen molar-refractivity contribution in [1.29, 1.82) is 0 Å². The number of nitrogens with zero attached hydrogens (tertiary/aromatic N) is 3. The molecular formula is C18H20N4. The number of anilines is 1. The Bertz CT molecular complexity index is 855. The molecule has 22 heavy (non-hydrogen) atoms. The lowest BCUT2D eigenvalue weighted by Crippen LogP contribution is -1.97. The van der Waals surface area contributed by atoms with E-state index in [1.54, 1.807) is 0 Å². The average molecular weight is 292 g/mol. The van der Waals surface area contributed by atoms with Gasteiger partial charge in [-0.15, -0.1) is 12.3 Å². The van der Waals surface area contributed by atoms with Crippen molar-refractivity contribution in [2.24, 2.45) is 0 Å². The summed E-state index contributed by atoms with van der Waals surface area (Å²) in [7, 11) is 0. The highest BCUT2D eigenvalue weighted by Crippen LogP contribution is 2.30. The van der Waals surface area contributed by atoms with Crippen molar-refractivity contribution in [3.8, 4) is 12.3 Å². The predicted molar refractivity (Wildman–Crippen MR) is 91.5 cm³/mol. The van der Waals surface area contributed by atoms with E-state index in [0.29, 0.717) is 5.82 Å². The van der Waals surface area contributed by atoms with Gasteiger partial charge in [-0.25, -0.2) is 4.98 Å². The number of terminal acetylenes is 1. The fraction of sp³-hybridized carbons (Fsp3) is 0.333. The van der Waals surface area contributed by atoms with Crippen LogP contribution in [0.25, 0.3) is 21.8 Å². The molecule has 0 unspecified atom stereocenters. The molecule has 0 radical (unpaired) electrons. The molecule has 0 aliphatic heterocycles. The predicted octanol–water partition coefficient (Wildman–Crippen LogP) is 3.53. The van der Waals surface area contributed by atoms with Gasteiger partial charge < -0.3 is 5.73 Å². The van der Waals surface area contributed by atoms with Crippen molar-refractivity contribution in [1.82, 2.24) is 14.8 Å². The molecule has 4 nitrogen and oxygen atoms in total. The van der Waals surface area contributed by atoms with Gasteiger partial charge in [0.15, 0.2) is 5.82 Å². The number of aryl methyl sites for hydroxylation is 2. The van der Waals surface area contributed by atoms with Crippen molar-refractivity contribution >= 4 is 27.6 Å². The van der Waals surface area contributed by atoms with Crippen LogP contribution in [0.2, 0.25) is 0 Å². The summed E-state index contributed by atoms with van der Waals surface area (Å²) in [6, 6.07) is 6.18. The highest BCUT2D eigenvalue weighted by atomic mass is 15.3. The zero-order valence-corrected chi connectivity index (χ0v) is 12.8. The van der Waals surface area contributed by atoms with Gasteiger partial charge >= 0.3 is 0 Å². The number of rotatable bonds is 5. The maximum absolute atomic E-state index is 6.09. The van der Waals surface area contributed by atoms with Crippen LogP contribution in [-0.4, -0.2) is 14.8 Å². The van der Waals surface area contributed by atoms with Crippen molar-refractivity contribution in [3.63, 3.8) is 0 Å². The Morgan fingerprint density at radius 2 is 2.23 bits per heavy atom. The molecule has 2 N–H and O–H groups in total. The molecule has 3 aromatic rings. The SMILES string of the molecule is C#CCCCc1cccc2nc(N)c3nn(CCC)cc3c12. The molecule has 0 amide bonds. The number of nitrogens with two attached hydrogens (primary N) is 1. The Kier molecular flexibility index (Phi) is 3.97. The summed E-state index contributed by atoms with van der Waals surface area (Å²) < 4.78 is 1.96. The minimum atomic E-state index is 0.498. The second-order valence-corrected chi connectivity index (χ2v) is 5.52. The lowest BCUT2D eigenvalue weighted by atomic mass is 10.0. The number of benzene rings is 1. The van der Waals surface area contributed by atoms with Gasteiger partial charge in [-0.05, 0) is 30.9 Å². The molecule has 0 aliphatic carbocycles. The van der Waals surface area contributed by atoms with Gasteiger partial charge in [-0.3, -0.25) is 4.68 Å². The number of unbranched alkanes of at least 4 members (excludes halogenated alkanes) is 1. The van der Waals surface area contributed by atoms with E-state index in [9.17, 15) is 0 Å². The smallest absolute Gasteiger partial charge is 0.152 e. The molecule has 3 rings (SSSR count). The van der Waals surface area contributed by atoms with Gasteiger partial charge in [-0.1, -0.05) is 19.1 Å². The Morgan fingerprint density at radius 3 is 3.00 bits per heavy atom. The van der Waals surface area contributed by atoms with E-state index in [1.165, 1.54) is 5.56 Å². The Morgan fingerprint density at radius 1 is 1.36 bits per heavy atom. The molecule has 112 valence electrons. The molecule has 2 aromatic heterocycles. The molecule has 0 fully saturated rings. The van der Waals surface area contributed by atoms with Crippen LogP contribution in [0.3, 0.4) is 0 Å². The largest absolute Gasteiger partial charge is 0.382 e. The van der Waals surface area contributed by atoms with Gasteiger partial charge in [-0.2, -0.15) is 5.10 Å². The fourth-order valence-corrected chi connectivity index (χ4v) is 2.90. The lowest BCUT2D eigenvalue weighted by molar-refractivity contribution is 0.609. The van der Waals surface area contributed by atoms with Crippen molar-refractivity contribution in [2.45, 2.75) is 39.2 Å². The normalized spacial score (nSPS) is 11.1.